The zero-order valence-electron chi connectivity index (χ0n) is 24.2. The van der Waals surface area contributed by atoms with Crippen LogP contribution < -0.4 is 36.8 Å². The van der Waals surface area contributed by atoms with E-state index in [2.05, 4.69) is 5.32 Å². The lowest BCUT2D eigenvalue weighted by molar-refractivity contribution is -0.944. The highest BCUT2D eigenvalue weighted by molar-refractivity contribution is 5.79. The van der Waals surface area contributed by atoms with Crippen LogP contribution in [0.15, 0.2) is 0 Å². The van der Waals surface area contributed by atoms with Gasteiger partial charge in [0.15, 0.2) is 11.6 Å². The number of ether oxygens (including phenoxy) is 4. The van der Waals surface area contributed by atoms with Crippen molar-refractivity contribution in [1.82, 2.24) is 5.32 Å². The van der Waals surface area contributed by atoms with Gasteiger partial charge in [-0.15, -0.1) is 0 Å². The Kier molecular flexibility index (Phi) is 29.9. The van der Waals surface area contributed by atoms with Crippen LogP contribution >= 0.6 is 0 Å². The topological polar surface area (TPSA) is 224 Å². The monoisotopic (exact) mass is 581 g/mol. The second kappa shape index (κ2) is 29.9. The third-order valence-corrected chi connectivity index (χ3v) is 5.08. The largest absolute Gasteiger partial charge is 0.544 e. The lowest BCUT2D eigenvalue weighted by Gasteiger charge is -2.23. The molecule has 15 heteroatoms. The van der Waals surface area contributed by atoms with E-state index in [1.54, 1.807) is 0 Å². The first-order valence-corrected chi connectivity index (χ1v) is 13.6. The maximum Gasteiger partial charge on any atom is 0.186 e. The summed E-state index contributed by atoms with van der Waals surface area (Å²) in [5.41, 5.74) is 10.4. The number of rotatable bonds is 28. The van der Waals surface area contributed by atoms with Crippen molar-refractivity contribution in [3.05, 3.63) is 0 Å². The number of hydrogen-bond donors (Lipinski definition) is 5. The van der Waals surface area contributed by atoms with Crippen molar-refractivity contribution >= 4 is 23.5 Å². The van der Waals surface area contributed by atoms with Crippen LogP contribution in [-0.2, 0) is 38.1 Å². The fraction of sp³-hybridized carbons (Fsp3) is 0.840. The molecule has 7 N–H and O–H groups in total. The van der Waals surface area contributed by atoms with Crippen LogP contribution in [-0.4, -0.2) is 142 Å². The summed E-state index contributed by atoms with van der Waals surface area (Å²) >= 11 is 0. The third-order valence-electron chi connectivity index (χ3n) is 5.08. The molecule has 2 unspecified atom stereocenters. The van der Waals surface area contributed by atoms with E-state index in [4.69, 9.17) is 30.4 Å². The van der Waals surface area contributed by atoms with Crippen molar-refractivity contribution in [2.45, 2.75) is 19.8 Å². The van der Waals surface area contributed by atoms with Crippen LogP contribution in [0.25, 0.3) is 0 Å². The van der Waals surface area contributed by atoms with Crippen LogP contribution in [0, 0.1) is 0 Å². The maximum absolute atomic E-state index is 12.2. The first-order chi connectivity index (χ1) is 19.2. The van der Waals surface area contributed by atoms with Gasteiger partial charge in [-0.25, -0.2) is 0 Å². The number of likely N-dealkylation sites (N-methyl/N-ethyl adjacent to an activating group) is 1. The van der Waals surface area contributed by atoms with Gasteiger partial charge in [0.1, 0.15) is 39.3 Å². The predicted molar refractivity (Wildman–Crippen MR) is 141 cm³/mol. The maximum atomic E-state index is 12.2. The summed E-state index contributed by atoms with van der Waals surface area (Å²) in [5.74, 6) is -2.90. The Balaban J connectivity index is 0. The number of ketones is 2. The quantitative estimate of drug-likeness (QED) is 0.0542. The summed E-state index contributed by atoms with van der Waals surface area (Å²) in [6.07, 6.45) is 0.764. The number of carboxylic acid groups (broad SMARTS) is 2. The minimum Gasteiger partial charge on any atom is -0.544 e. The SMILES string of the molecule is CNCCOCCOCCCC(=O)C[NH+](CC[NH+](CC(C)=O)CC(=O)[O-])CC(=O)[O-].NCCOCCOCCN. The molecular formula is C25H51N5O10. The van der Waals surface area contributed by atoms with Crippen LogP contribution in [0.3, 0.4) is 0 Å². The van der Waals surface area contributed by atoms with E-state index in [-0.39, 0.29) is 57.3 Å². The molecule has 0 aromatic carbocycles. The van der Waals surface area contributed by atoms with Crippen molar-refractivity contribution in [1.29, 1.82) is 0 Å². The minimum absolute atomic E-state index is 0.00343. The van der Waals surface area contributed by atoms with E-state index in [0.717, 1.165) is 6.54 Å². The van der Waals surface area contributed by atoms with E-state index in [1.165, 1.54) is 6.92 Å². The number of nitrogens with two attached hydrogens (primary N) is 2. The first kappa shape index (κ1) is 40.1. The predicted octanol–water partition coefficient (Wildman–Crippen LogP) is -7.62. The molecule has 0 heterocycles. The molecule has 0 fully saturated rings. The third kappa shape index (κ3) is 32.1. The molecule has 0 saturated carbocycles. The Morgan fingerprint density at radius 1 is 0.675 bits per heavy atom. The van der Waals surface area contributed by atoms with Crippen LogP contribution in [0.4, 0.5) is 0 Å². The first-order valence-electron chi connectivity index (χ1n) is 13.6. The number of carbonyl (C=O) groups excluding carboxylic acids is 4. The van der Waals surface area contributed by atoms with Gasteiger partial charge >= 0.3 is 0 Å². The molecule has 0 spiro atoms. The van der Waals surface area contributed by atoms with Gasteiger partial charge in [-0.3, -0.25) is 9.59 Å². The molecule has 2 atom stereocenters. The highest BCUT2D eigenvalue weighted by atomic mass is 16.5. The van der Waals surface area contributed by atoms with Gasteiger partial charge in [-0.1, -0.05) is 0 Å². The molecule has 0 radical (unpaired) electrons. The average Bonchev–Trinajstić information content (AvgIpc) is 2.87. The second-order valence-corrected chi connectivity index (χ2v) is 8.93. The van der Waals surface area contributed by atoms with E-state index in [0.29, 0.717) is 82.2 Å². The number of carbonyl (C=O) groups is 4. The number of hydrogen-bond acceptors (Lipinski definition) is 13. The highest BCUT2D eigenvalue weighted by Gasteiger charge is 2.19. The lowest BCUT2D eigenvalue weighted by atomic mass is 10.2. The molecule has 0 bridgehead atoms. The fourth-order valence-corrected chi connectivity index (χ4v) is 3.32. The summed E-state index contributed by atoms with van der Waals surface area (Å²) in [4.78, 5) is 46.1. The molecular weight excluding hydrogens is 530 g/mol. The molecule has 0 amide bonds. The Bertz CT molecular complexity index is 633. The van der Waals surface area contributed by atoms with Gasteiger partial charge < -0.3 is 65.3 Å². The molecule has 0 rings (SSSR count). The molecule has 0 aromatic rings. The van der Waals surface area contributed by atoms with Crippen molar-refractivity contribution < 1.29 is 58.1 Å². The van der Waals surface area contributed by atoms with Gasteiger partial charge in [0, 0.05) is 39.6 Å². The van der Waals surface area contributed by atoms with E-state index >= 15 is 0 Å². The molecule has 0 aliphatic heterocycles. The van der Waals surface area contributed by atoms with Crippen molar-refractivity contribution in [3.63, 3.8) is 0 Å². The van der Waals surface area contributed by atoms with Crippen LogP contribution in [0.1, 0.15) is 19.8 Å². The summed E-state index contributed by atoms with van der Waals surface area (Å²) in [7, 11) is 1.84. The van der Waals surface area contributed by atoms with Crippen molar-refractivity contribution in [3.8, 4) is 0 Å². The lowest BCUT2D eigenvalue weighted by Crippen LogP contribution is -3.22. The Labute approximate surface area is 237 Å². The van der Waals surface area contributed by atoms with Gasteiger partial charge in [0.25, 0.3) is 0 Å². The van der Waals surface area contributed by atoms with Gasteiger partial charge in [0.2, 0.25) is 0 Å². The number of quaternary nitrogens is 2. The normalized spacial score (nSPS) is 12.3. The van der Waals surface area contributed by atoms with Crippen LogP contribution in [0.2, 0.25) is 0 Å². The standard InChI is InChI=1S/C19H35N3O8.C6H16N2O2/c1-16(23)12-21(14-18(25)26)6-7-22(15-19(27)28)13-17(24)4-3-8-29-10-11-30-9-5-20-2;7-1-3-9-5-6-10-4-2-8/h20H,3-15H2,1-2H3,(H,25,26)(H,27,28);1-8H2. The zero-order valence-corrected chi connectivity index (χ0v) is 24.2. The van der Waals surface area contributed by atoms with Crippen molar-refractivity contribution in [2.75, 3.05) is 119 Å². The fourth-order valence-electron chi connectivity index (χ4n) is 3.32. The zero-order chi connectivity index (χ0) is 30.4. The number of carboxylic acids is 2. The highest BCUT2D eigenvalue weighted by Crippen LogP contribution is 1.91. The second-order valence-electron chi connectivity index (χ2n) is 8.93. The number of nitrogens with one attached hydrogen (secondary N) is 3. The molecule has 236 valence electrons. The Morgan fingerprint density at radius 2 is 1.12 bits per heavy atom. The number of aliphatic carboxylic acids is 2. The smallest absolute Gasteiger partial charge is 0.186 e. The summed E-state index contributed by atoms with van der Waals surface area (Å²) < 4.78 is 20.8. The van der Waals surface area contributed by atoms with Gasteiger partial charge in [-0.2, -0.15) is 0 Å². The summed E-state index contributed by atoms with van der Waals surface area (Å²) in [6.45, 7) is 7.28. The van der Waals surface area contributed by atoms with Gasteiger partial charge in [0.05, 0.1) is 58.2 Å². The Hall–Kier alpha value is -2.08. The number of Topliss-reactive ketones (excluding diaryl/α,β-unsaturated/α-hetero) is 2. The van der Waals surface area contributed by atoms with E-state index < -0.39 is 11.9 Å². The molecule has 0 aliphatic carbocycles. The average molecular weight is 582 g/mol. The molecule has 0 saturated heterocycles. The summed E-state index contributed by atoms with van der Waals surface area (Å²) in [5, 5.41) is 24.8. The summed E-state index contributed by atoms with van der Waals surface area (Å²) in [6, 6.07) is 0. The molecule has 15 nitrogen and oxygen atoms in total. The van der Waals surface area contributed by atoms with Gasteiger partial charge in [-0.05, 0) is 13.5 Å². The van der Waals surface area contributed by atoms with Crippen LogP contribution in [0.5, 0.6) is 0 Å². The van der Waals surface area contributed by atoms with Crippen molar-refractivity contribution in [2.24, 2.45) is 11.5 Å². The van der Waals surface area contributed by atoms with E-state index in [1.807, 2.05) is 7.05 Å². The molecule has 0 aliphatic rings. The minimum atomic E-state index is -1.30. The molecule has 40 heavy (non-hydrogen) atoms. The Morgan fingerprint density at radius 3 is 1.55 bits per heavy atom. The van der Waals surface area contributed by atoms with E-state index in [9.17, 15) is 29.4 Å². The molecule has 0 aromatic heterocycles.